The van der Waals surface area contributed by atoms with Crippen LogP contribution in [0.15, 0.2) is 107 Å². The Bertz CT molecular complexity index is 2600. The van der Waals surface area contributed by atoms with Gasteiger partial charge in [-0.15, -0.1) is 15.0 Å². The summed E-state index contributed by atoms with van der Waals surface area (Å²) in [5.74, 6) is 1.19. The Morgan fingerprint density at radius 1 is 0.855 bits per heavy atom. The number of hydrogen-bond donors (Lipinski definition) is 1. The number of methoxy groups -OCH3 is 2. The molecule has 4 heterocycles. The number of rotatable bonds is 10. The number of nitrogens with zero attached hydrogens (tertiary/aromatic N) is 6. The van der Waals surface area contributed by atoms with Crippen molar-refractivity contribution in [3.05, 3.63) is 141 Å². The van der Waals surface area contributed by atoms with E-state index < -0.39 is 5.91 Å². The van der Waals surface area contributed by atoms with Gasteiger partial charge >= 0.3 is 0 Å². The number of benzene rings is 4. The van der Waals surface area contributed by atoms with Gasteiger partial charge in [0, 0.05) is 43.7 Å². The van der Waals surface area contributed by atoms with Crippen LogP contribution in [0.4, 0.5) is 5.69 Å². The Morgan fingerprint density at radius 2 is 1.60 bits per heavy atom. The molecule has 12 heteroatoms. The second kappa shape index (κ2) is 15.0. The number of anilines is 1. The summed E-state index contributed by atoms with van der Waals surface area (Å²) in [6, 6.07) is 26.3. The van der Waals surface area contributed by atoms with E-state index in [0.29, 0.717) is 28.0 Å². The Hall–Kier alpha value is -6.66. The predicted molar refractivity (Wildman–Crippen MR) is 210 cm³/mol. The molecule has 3 aromatic heterocycles. The van der Waals surface area contributed by atoms with Crippen molar-refractivity contribution in [2.24, 2.45) is 0 Å². The lowest BCUT2D eigenvalue weighted by Gasteiger charge is -2.29. The van der Waals surface area contributed by atoms with Gasteiger partial charge < -0.3 is 19.2 Å². The largest absolute Gasteiger partial charge is 0.493 e. The highest BCUT2D eigenvalue weighted by Crippen LogP contribution is 2.34. The lowest BCUT2D eigenvalue weighted by Crippen LogP contribution is -2.32. The first kappa shape index (κ1) is 35.4. The molecule has 1 amide bonds. The average Bonchev–Trinajstić information content (AvgIpc) is 3.71. The number of hydrogen-bond acceptors (Lipinski definition) is 10. The van der Waals surface area contributed by atoms with Gasteiger partial charge in [0.25, 0.3) is 5.91 Å². The molecule has 1 aliphatic rings. The van der Waals surface area contributed by atoms with E-state index in [-0.39, 0.29) is 11.2 Å². The molecule has 0 fully saturated rings. The van der Waals surface area contributed by atoms with Crippen LogP contribution in [0.5, 0.6) is 11.5 Å². The molecule has 1 aliphatic heterocycles. The van der Waals surface area contributed by atoms with Crippen molar-refractivity contribution < 1.29 is 18.7 Å². The number of carbonyl (C=O) groups is 1. The number of pyridine rings is 1. The van der Waals surface area contributed by atoms with Crippen LogP contribution in [0, 0.1) is 13.8 Å². The van der Waals surface area contributed by atoms with Crippen molar-refractivity contribution >= 4 is 22.6 Å². The number of carbonyl (C=O) groups excluding carboxylic acids is 1. The van der Waals surface area contributed by atoms with Crippen LogP contribution in [0.25, 0.3) is 39.2 Å². The molecule has 0 saturated heterocycles. The first-order valence-electron chi connectivity index (χ1n) is 18.0. The first-order valence-corrected chi connectivity index (χ1v) is 18.0. The zero-order valence-electron chi connectivity index (χ0n) is 31.0. The smallest absolute Gasteiger partial charge is 0.291 e. The Labute approximate surface area is 317 Å². The summed E-state index contributed by atoms with van der Waals surface area (Å²) in [5.41, 5.74) is 9.31. The molecule has 1 N–H and O–H groups in total. The van der Waals surface area contributed by atoms with E-state index in [1.54, 1.807) is 38.7 Å². The lowest BCUT2D eigenvalue weighted by atomic mass is 9.98. The third-order valence-corrected chi connectivity index (χ3v) is 10.2. The minimum absolute atomic E-state index is 0.110. The molecule has 7 aromatic rings. The van der Waals surface area contributed by atoms with Crippen LogP contribution in [-0.4, -0.2) is 63.3 Å². The van der Waals surface area contributed by atoms with Crippen LogP contribution in [0.3, 0.4) is 0 Å². The van der Waals surface area contributed by atoms with Crippen molar-refractivity contribution in [2.45, 2.75) is 33.2 Å². The summed E-state index contributed by atoms with van der Waals surface area (Å²) in [4.78, 5) is 34.7. The molecular weight excluding hydrogens is 695 g/mol. The topological polar surface area (TPSA) is 138 Å². The molecule has 4 aromatic carbocycles. The third kappa shape index (κ3) is 7.32. The number of aromatic nitrogens is 5. The zero-order valence-corrected chi connectivity index (χ0v) is 31.0. The fourth-order valence-electron chi connectivity index (χ4n) is 6.93. The molecule has 0 unspecified atom stereocenters. The van der Waals surface area contributed by atoms with Crippen molar-refractivity contribution in [2.75, 3.05) is 32.6 Å². The summed E-state index contributed by atoms with van der Waals surface area (Å²) in [7, 11) is 3.34. The zero-order chi connectivity index (χ0) is 38.1. The molecule has 0 atom stereocenters. The maximum Gasteiger partial charge on any atom is 0.291 e. The maximum absolute atomic E-state index is 13.6. The van der Waals surface area contributed by atoms with Gasteiger partial charge in [0.1, 0.15) is 5.58 Å². The fraction of sp³-hybridized carbons (Fsp3) is 0.209. The SMILES string of the molecule is COc1cc2c(cc1OC)CN(CCc1ccc(-n3nnc(-c4cc(C)c(C)cc4NC(=O)c4cc(=O)c5cc(-c6ccncc6)ccc5o4)n3)cc1)CC2. The molecule has 276 valence electrons. The molecular formula is C43H39N7O5. The molecule has 12 nitrogen and oxygen atoms in total. The summed E-state index contributed by atoms with van der Waals surface area (Å²) < 4.78 is 17.0. The molecule has 0 spiro atoms. The molecule has 55 heavy (non-hydrogen) atoms. The van der Waals surface area contributed by atoms with Crippen LogP contribution in [-0.2, 0) is 19.4 Å². The van der Waals surface area contributed by atoms with Gasteiger partial charge in [-0.05, 0) is 132 Å². The van der Waals surface area contributed by atoms with E-state index in [4.69, 9.17) is 13.9 Å². The number of aryl methyl sites for hydroxylation is 2. The van der Waals surface area contributed by atoms with Crippen molar-refractivity contribution in [3.63, 3.8) is 0 Å². The number of tetrazole rings is 1. The number of ether oxygens (including phenoxy) is 2. The highest BCUT2D eigenvalue weighted by Gasteiger charge is 2.21. The normalized spacial score (nSPS) is 12.7. The highest BCUT2D eigenvalue weighted by molar-refractivity contribution is 6.05. The summed E-state index contributed by atoms with van der Waals surface area (Å²) >= 11 is 0. The summed E-state index contributed by atoms with van der Waals surface area (Å²) in [6.45, 7) is 6.71. The van der Waals surface area contributed by atoms with E-state index in [1.807, 2.05) is 56.3 Å². The number of amides is 1. The van der Waals surface area contributed by atoms with Crippen molar-refractivity contribution in [3.8, 4) is 39.7 Å². The quantitative estimate of drug-likeness (QED) is 0.157. The van der Waals surface area contributed by atoms with Crippen LogP contribution in [0.2, 0.25) is 0 Å². The Kier molecular flexibility index (Phi) is 9.64. The van der Waals surface area contributed by atoms with Crippen LogP contribution < -0.4 is 20.2 Å². The van der Waals surface area contributed by atoms with E-state index in [0.717, 1.165) is 71.9 Å². The van der Waals surface area contributed by atoms with Gasteiger partial charge in [-0.3, -0.25) is 19.5 Å². The van der Waals surface area contributed by atoms with Gasteiger partial charge in [0.15, 0.2) is 22.7 Å². The molecule has 8 rings (SSSR count). The summed E-state index contributed by atoms with van der Waals surface area (Å²) in [6.07, 6.45) is 5.25. The number of fused-ring (bicyclic) bond motifs is 2. The monoisotopic (exact) mass is 733 g/mol. The highest BCUT2D eigenvalue weighted by atomic mass is 16.5. The molecule has 0 aliphatic carbocycles. The van der Waals surface area contributed by atoms with Gasteiger partial charge in [-0.25, -0.2) is 0 Å². The van der Waals surface area contributed by atoms with Crippen LogP contribution in [0.1, 0.15) is 38.4 Å². The molecule has 0 bridgehead atoms. The maximum atomic E-state index is 13.6. The average molecular weight is 734 g/mol. The molecule has 0 radical (unpaired) electrons. The minimum atomic E-state index is -0.571. The van der Waals surface area contributed by atoms with Gasteiger partial charge in [0.05, 0.1) is 31.0 Å². The fourth-order valence-corrected chi connectivity index (χ4v) is 6.93. The van der Waals surface area contributed by atoms with E-state index in [2.05, 4.69) is 54.9 Å². The van der Waals surface area contributed by atoms with E-state index >= 15 is 0 Å². The summed E-state index contributed by atoms with van der Waals surface area (Å²) in [5, 5.41) is 16.7. The van der Waals surface area contributed by atoms with E-state index in [1.165, 1.54) is 27.6 Å². The van der Waals surface area contributed by atoms with Gasteiger partial charge in [-0.2, -0.15) is 0 Å². The van der Waals surface area contributed by atoms with E-state index in [9.17, 15) is 9.59 Å². The minimum Gasteiger partial charge on any atom is -0.493 e. The first-order chi connectivity index (χ1) is 26.8. The van der Waals surface area contributed by atoms with Crippen LogP contribution >= 0.6 is 0 Å². The van der Waals surface area contributed by atoms with Crippen molar-refractivity contribution in [1.82, 2.24) is 30.1 Å². The predicted octanol–water partition coefficient (Wildman–Crippen LogP) is 6.98. The third-order valence-electron chi connectivity index (χ3n) is 10.2. The lowest BCUT2D eigenvalue weighted by molar-refractivity contribution is 0.0997. The van der Waals surface area contributed by atoms with Crippen molar-refractivity contribution in [1.29, 1.82) is 0 Å². The van der Waals surface area contributed by atoms with Gasteiger partial charge in [0.2, 0.25) is 5.82 Å². The Morgan fingerprint density at radius 3 is 2.36 bits per heavy atom. The second-order valence-electron chi connectivity index (χ2n) is 13.7. The molecule has 0 saturated carbocycles. The standard InChI is InChI=1S/C43H39N7O5/c1-26-19-34(36(20-27(26)2)45-43(52)41-24-37(51)35-21-30(7-10-38(35)55-41)29-11-15-44-16-12-29)42-46-48-50(47-42)33-8-5-28(6-9-33)13-17-49-18-14-31-22-39(53-3)40(54-4)23-32(31)25-49/h5-12,15-16,19-24H,13-14,17-18,25H2,1-4H3,(H,45,52). The number of nitrogens with one attached hydrogen (secondary N) is 1. The van der Waals surface area contributed by atoms with Gasteiger partial charge in [-0.1, -0.05) is 18.2 Å². The second-order valence-corrected chi connectivity index (χ2v) is 13.7. The Balaban J connectivity index is 0.963.